The molecule has 0 aliphatic heterocycles. The summed E-state index contributed by atoms with van der Waals surface area (Å²) in [6.45, 7) is 0. The van der Waals surface area contributed by atoms with Crippen LogP contribution in [0.4, 0.5) is 13.2 Å². The van der Waals surface area contributed by atoms with Gasteiger partial charge in [0.1, 0.15) is 5.75 Å². The van der Waals surface area contributed by atoms with Gasteiger partial charge in [0.2, 0.25) is 0 Å². The van der Waals surface area contributed by atoms with E-state index in [1.54, 1.807) is 25.3 Å². The molecule has 2 rings (SSSR count). The van der Waals surface area contributed by atoms with Crippen LogP contribution in [0.3, 0.4) is 0 Å². The van der Waals surface area contributed by atoms with Crippen LogP contribution in [0, 0.1) is 0 Å². The van der Waals surface area contributed by atoms with Crippen LogP contribution in [0.1, 0.15) is 22.7 Å². The molecule has 0 aliphatic rings. The number of hydrogen-bond acceptors (Lipinski definition) is 2. The zero-order chi connectivity index (χ0) is 15.5. The van der Waals surface area contributed by atoms with Gasteiger partial charge >= 0.3 is 6.18 Å². The summed E-state index contributed by atoms with van der Waals surface area (Å²) in [4.78, 5) is 0. The molecule has 0 aromatic heterocycles. The third kappa shape index (κ3) is 3.98. The molecule has 2 N–H and O–H groups in total. The minimum absolute atomic E-state index is 0.464. The Bertz CT molecular complexity index is 593. The van der Waals surface area contributed by atoms with E-state index in [9.17, 15) is 13.2 Å². The molecule has 0 saturated heterocycles. The van der Waals surface area contributed by atoms with E-state index in [0.717, 1.165) is 23.4 Å². The minimum atomic E-state index is -4.35. The molecule has 2 aromatic carbocycles. The van der Waals surface area contributed by atoms with Crippen molar-refractivity contribution in [3.63, 3.8) is 0 Å². The van der Waals surface area contributed by atoms with Crippen LogP contribution in [-0.2, 0) is 12.6 Å². The molecule has 0 fully saturated rings. The summed E-state index contributed by atoms with van der Waals surface area (Å²) in [7, 11) is 1.57. The van der Waals surface area contributed by atoms with Gasteiger partial charge in [-0.3, -0.25) is 0 Å². The van der Waals surface area contributed by atoms with Crippen LogP contribution in [-0.4, -0.2) is 7.11 Å². The van der Waals surface area contributed by atoms with E-state index in [-0.39, 0.29) is 0 Å². The first-order valence-corrected chi connectivity index (χ1v) is 6.46. The fourth-order valence-corrected chi connectivity index (χ4v) is 2.08. The molecule has 0 heterocycles. The number of methoxy groups -OCH3 is 1. The number of rotatable bonds is 4. The standard InChI is InChI=1S/C16H16F3NO/c1-21-14-7-5-11(6-8-14)9-15(20)12-3-2-4-13(10-12)16(17,18)19/h2-8,10,15H,9,20H2,1H3. The van der Waals surface area contributed by atoms with E-state index in [0.29, 0.717) is 12.0 Å². The number of benzene rings is 2. The molecule has 2 nitrogen and oxygen atoms in total. The lowest BCUT2D eigenvalue weighted by Gasteiger charge is -2.15. The van der Waals surface area contributed by atoms with E-state index in [1.165, 1.54) is 6.07 Å². The van der Waals surface area contributed by atoms with Gasteiger partial charge in [0.05, 0.1) is 12.7 Å². The quantitative estimate of drug-likeness (QED) is 0.926. The molecular weight excluding hydrogens is 279 g/mol. The predicted molar refractivity (Wildman–Crippen MR) is 75.1 cm³/mol. The smallest absolute Gasteiger partial charge is 0.416 e. The van der Waals surface area contributed by atoms with Gasteiger partial charge in [0.25, 0.3) is 0 Å². The summed E-state index contributed by atoms with van der Waals surface area (Å²) in [6, 6.07) is 12.0. The summed E-state index contributed by atoms with van der Waals surface area (Å²) in [6.07, 6.45) is -3.89. The summed E-state index contributed by atoms with van der Waals surface area (Å²) in [5.41, 5.74) is 6.75. The zero-order valence-electron chi connectivity index (χ0n) is 11.5. The summed E-state index contributed by atoms with van der Waals surface area (Å²) >= 11 is 0. The maximum atomic E-state index is 12.7. The molecule has 21 heavy (non-hydrogen) atoms. The first-order chi connectivity index (χ1) is 9.90. The van der Waals surface area contributed by atoms with Gasteiger partial charge in [-0.15, -0.1) is 0 Å². The molecule has 5 heteroatoms. The van der Waals surface area contributed by atoms with Gasteiger partial charge in [0.15, 0.2) is 0 Å². The maximum Gasteiger partial charge on any atom is 0.416 e. The van der Waals surface area contributed by atoms with Crippen molar-refractivity contribution in [1.82, 2.24) is 0 Å². The van der Waals surface area contributed by atoms with Gasteiger partial charge in [-0.25, -0.2) is 0 Å². The molecule has 0 saturated carbocycles. The Balaban J connectivity index is 2.14. The Morgan fingerprint density at radius 1 is 1.10 bits per heavy atom. The first kappa shape index (κ1) is 15.4. The highest BCUT2D eigenvalue weighted by molar-refractivity contribution is 5.31. The highest BCUT2D eigenvalue weighted by Crippen LogP contribution is 2.31. The van der Waals surface area contributed by atoms with Crippen molar-refractivity contribution < 1.29 is 17.9 Å². The molecule has 1 unspecified atom stereocenters. The van der Waals surface area contributed by atoms with Crippen molar-refractivity contribution in [3.05, 3.63) is 65.2 Å². The van der Waals surface area contributed by atoms with E-state index in [1.807, 2.05) is 12.1 Å². The molecule has 2 aromatic rings. The van der Waals surface area contributed by atoms with Crippen molar-refractivity contribution >= 4 is 0 Å². The summed E-state index contributed by atoms with van der Waals surface area (Å²) in [5.74, 6) is 0.728. The van der Waals surface area contributed by atoms with Crippen molar-refractivity contribution in [2.75, 3.05) is 7.11 Å². The van der Waals surface area contributed by atoms with E-state index >= 15 is 0 Å². The van der Waals surface area contributed by atoms with E-state index in [2.05, 4.69) is 0 Å². The summed E-state index contributed by atoms with van der Waals surface area (Å²) < 4.78 is 43.1. The second kappa shape index (κ2) is 6.18. The average molecular weight is 295 g/mol. The van der Waals surface area contributed by atoms with Gasteiger partial charge in [-0.1, -0.05) is 24.3 Å². The zero-order valence-corrected chi connectivity index (χ0v) is 11.5. The Morgan fingerprint density at radius 2 is 1.76 bits per heavy atom. The molecule has 1 atom stereocenters. The van der Waals surface area contributed by atoms with Crippen molar-refractivity contribution in [1.29, 1.82) is 0 Å². The topological polar surface area (TPSA) is 35.2 Å². The molecule has 0 spiro atoms. The molecule has 0 radical (unpaired) electrons. The third-order valence-corrected chi connectivity index (χ3v) is 3.26. The van der Waals surface area contributed by atoms with Crippen LogP contribution in [0.25, 0.3) is 0 Å². The van der Waals surface area contributed by atoms with Crippen LogP contribution in [0.5, 0.6) is 5.75 Å². The second-order valence-electron chi connectivity index (χ2n) is 4.78. The second-order valence-corrected chi connectivity index (χ2v) is 4.78. The highest BCUT2D eigenvalue weighted by Gasteiger charge is 2.30. The fraction of sp³-hybridized carbons (Fsp3) is 0.250. The first-order valence-electron chi connectivity index (χ1n) is 6.46. The summed E-state index contributed by atoms with van der Waals surface area (Å²) in [5, 5.41) is 0. The van der Waals surface area contributed by atoms with Crippen LogP contribution in [0.15, 0.2) is 48.5 Å². The Morgan fingerprint density at radius 3 is 2.33 bits per heavy atom. The molecular formula is C16H16F3NO. The van der Waals surface area contributed by atoms with Crippen LogP contribution in [0.2, 0.25) is 0 Å². The molecule has 0 aliphatic carbocycles. The van der Waals surface area contributed by atoms with Gasteiger partial charge < -0.3 is 10.5 Å². The third-order valence-electron chi connectivity index (χ3n) is 3.26. The number of nitrogens with two attached hydrogens (primary N) is 1. The number of hydrogen-bond donors (Lipinski definition) is 1. The van der Waals surface area contributed by atoms with Gasteiger partial charge in [-0.05, 0) is 41.8 Å². The molecule has 0 amide bonds. The lowest BCUT2D eigenvalue weighted by atomic mass is 9.98. The van der Waals surface area contributed by atoms with Crippen molar-refractivity contribution in [3.8, 4) is 5.75 Å². The maximum absolute atomic E-state index is 12.7. The lowest BCUT2D eigenvalue weighted by molar-refractivity contribution is -0.137. The van der Waals surface area contributed by atoms with Gasteiger partial charge in [0, 0.05) is 6.04 Å². The van der Waals surface area contributed by atoms with Crippen LogP contribution < -0.4 is 10.5 Å². The largest absolute Gasteiger partial charge is 0.497 e. The normalized spacial score (nSPS) is 13.0. The van der Waals surface area contributed by atoms with Crippen molar-refractivity contribution in [2.24, 2.45) is 5.73 Å². The lowest BCUT2D eigenvalue weighted by Crippen LogP contribution is -2.15. The minimum Gasteiger partial charge on any atom is -0.497 e. The van der Waals surface area contributed by atoms with E-state index < -0.39 is 17.8 Å². The highest BCUT2D eigenvalue weighted by atomic mass is 19.4. The molecule has 112 valence electrons. The Labute approximate surface area is 121 Å². The Kier molecular flexibility index (Phi) is 4.53. The average Bonchev–Trinajstić information content (AvgIpc) is 2.47. The monoisotopic (exact) mass is 295 g/mol. The van der Waals surface area contributed by atoms with E-state index in [4.69, 9.17) is 10.5 Å². The van der Waals surface area contributed by atoms with Crippen molar-refractivity contribution in [2.45, 2.75) is 18.6 Å². The fourth-order valence-electron chi connectivity index (χ4n) is 2.08. The molecule has 0 bridgehead atoms. The van der Waals surface area contributed by atoms with Gasteiger partial charge in [-0.2, -0.15) is 13.2 Å². The number of alkyl halides is 3. The number of halogens is 3. The van der Waals surface area contributed by atoms with Crippen LogP contribution >= 0.6 is 0 Å². The Hall–Kier alpha value is -2.01. The number of ether oxygens (including phenoxy) is 1. The SMILES string of the molecule is COc1ccc(CC(N)c2cccc(C(F)(F)F)c2)cc1. The predicted octanol–water partition coefficient (Wildman–Crippen LogP) is 3.96.